The first-order chi connectivity index (χ1) is 19.8. The first-order valence-corrected chi connectivity index (χ1v) is 15.3. The van der Waals surface area contributed by atoms with E-state index in [0.29, 0.717) is 28.7 Å². The molecule has 0 aliphatic heterocycles. The lowest BCUT2D eigenvalue weighted by Crippen LogP contribution is -2.07. The maximum Gasteiger partial charge on any atom is 0.355 e. The summed E-state index contributed by atoms with van der Waals surface area (Å²) in [6, 6.07) is 20.8. The van der Waals surface area contributed by atoms with Crippen LogP contribution in [-0.2, 0) is 23.8 Å². The SMILES string of the molecule is Cc1ccc(-c2cccc(-c3nn(-c4nc(C(=O)O)cs4)c(CC4CC4)c3Cc3ccc(S(N)=O)cc3F)c2)cc1. The van der Waals surface area contributed by atoms with Crippen LogP contribution < -0.4 is 5.14 Å². The summed E-state index contributed by atoms with van der Waals surface area (Å²) in [5, 5.41) is 21.9. The number of benzene rings is 3. The van der Waals surface area contributed by atoms with Gasteiger partial charge in [0.2, 0.25) is 5.13 Å². The lowest BCUT2D eigenvalue weighted by atomic mass is 9.95. The van der Waals surface area contributed by atoms with Crippen molar-refractivity contribution in [3.8, 4) is 27.5 Å². The third-order valence-electron chi connectivity index (χ3n) is 7.31. The fourth-order valence-electron chi connectivity index (χ4n) is 4.91. The van der Waals surface area contributed by atoms with Gasteiger partial charge in [-0.25, -0.2) is 28.2 Å². The van der Waals surface area contributed by atoms with Gasteiger partial charge in [0.25, 0.3) is 0 Å². The minimum atomic E-state index is -1.79. The highest BCUT2D eigenvalue weighted by molar-refractivity contribution is 7.82. The number of nitrogens with zero attached hydrogens (tertiary/aromatic N) is 3. The molecule has 0 spiro atoms. The normalized spacial score (nSPS) is 13.8. The maximum atomic E-state index is 15.3. The standard InChI is InChI=1S/C31H27FN4O3S2/c1-18-5-9-20(10-6-18)21-3-2-4-23(14-21)29-25(15-22-11-12-24(41(33)39)16-26(22)32)28(13-19-7-8-19)36(35-29)31-34-27(17-40-31)30(37)38/h2-6,9-12,14,16-17,19H,7-8,13,15,33H2,1H3,(H,37,38). The van der Waals surface area contributed by atoms with Crippen LogP contribution in [0.3, 0.4) is 0 Å². The molecule has 10 heteroatoms. The number of hydrogen-bond acceptors (Lipinski definition) is 5. The highest BCUT2D eigenvalue weighted by Gasteiger charge is 2.29. The number of thiazole rings is 1. The molecular formula is C31H27FN4O3S2. The van der Waals surface area contributed by atoms with Crippen molar-refractivity contribution >= 4 is 28.3 Å². The highest BCUT2D eigenvalue weighted by atomic mass is 32.2. The molecule has 0 saturated heterocycles. The van der Waals surface area contributed by atoms with Gasteiger partial charge < -0.3 is 5.11 Å². The number of carboxylic acid groups (broad SMARTS) is 1. The van der Waals surface area contributed by atoms with Crippen LogP contribution in [0.2, 0.25) is 0 Å². The van der Waals surface area contributed by atoms with E-state index in [4.69, 9.17) is 10.2 Å². The van der Waals surface area contributed by atoms with Gasteiger partial charge in [-0.3, -0.25) is 0 Å². The summed E-state index contributed by atoms with van der Waals surface area (Å²) in [7, 11) is -1.79. The van der Waals surface area contributed by atoms with Gasteiger partial charge in [0.1, 0.15) is 16.8 Å². The van der Waals surface area contributed by atoms with Crippen LogP contribution in [0.15, 0.2) is 77.0 Å². The summed E-state index contributed by atoms with van der Waals surface area (Å²) >= 11 is 1.21. The van der Waals surface area contributed by atoms with Gasteiger partial charge in [0.05, 0.1) is 16.3 Å². The Bertz CT molecular complexity index is 1790. The summed E-state index contributed by atoms with van der Waals surface area (Å²) in [4.78, 5) is 16.2. The predicted molar refractivity (Wildman–Crippen MR) is 158 cm³/mol. The van der Waals surface area contributed by atoms with Crippen molar-refractivity contribution in [2.24, 2.45) is 11.1 Å². The number of nitrogens with two attached hydrogens (primary N) is 1. The first kappa shape index (κ1) is 27.2. The zero-order valence-corrected chi connectivity index (χ0v) is 23.8. The number of hydrogen-bond donors (Lipinski definition) is 2. The molecule has 0 radical (unpaired) electrons. The monoisotopic (exact) mass is 586 g/mol. The van der Waals surface area contributed by atoms with Gasteiger partial charge in [0.15, 0.2) is 5.69 Å². The molecular weight excluding hydrogens is 559 g/mol. The van der Waals surface area contributed by atoms with Gasteiger partial charge >= 0.3 is 5.97 Å². The Labute approximate surface area is 243 Å². The zero-order chi connectivity index (χ0) is 28.7. The Morgan fingerprint density at radius 1 is 1.10 bits per heavy atom. The van der Waals surface area contributed by atoms with Crippen molar-refractivity contribution in [2.75, 3.05) is 0 Å². The molecule has 3 N–H and O–H groups in total. The van der Waals surface area contributed by atoms with Crippen LogP contribution in [-0.4, -0.2) is 30.0 Å². The van der Waals surface area contributed by atoms with Crippen LogP contribution in [0.4, 0.5) is 4.39 Å². The second-order valence-corrected chi connectivity index (χ2v) is 12.2. The number of aromatic carboxylic acids is 1. The van der Waals surface area contributed by atoms with Crippen molar-refractivity contribution in [3.63, 3.8) is 0 Å². The third-order valence-corrected chi connectivity index (χ3v) is 8.84. The van der Waals surface area contributed by atoms with E-state index in [1.165, 1.54) is 28.3 Å². The van der Waals surface area contributed by atoms with E-state index in [1.54, 1.807) is 16.8 Å². The molecule has 208 valence electrons. The van der Waals surface area contributed by atoms with Crippen molar-refractivity contribution < 1.29 is 18.5 Å². The van der Waals surface area contributed by atoms with E-state index < -0.39 is 22.8 Å². The van der Waals surface area contributed by atoms with Crippen molar-refractivity contribution in [1.29, 1.82) is 0 Å². The number of rotatable bonds is 9. The number of aromatic nitrogens is 3. The van der Waals surface area contributed by atoms with Gasteiger partial charge in [-0.05, 0) is 67.0 Å². The molecule has 41 heavy (non-hydrogen) atoms. The Kier molecular flexibility index (Phi) is 7.37. The Hall–Kier alpha value is -3.99. The van der Waals surface area contributed by atoms with E-state index >= 15 is 4.39 Å². The molecule has 0 amide bonds. The molecule has 3 aromatic carbocycles. The van der Waals surface area contributed by atoms with Gasteiger partial charge in [-0.1, -0.05) is 54.1 Å². The topological polar surface area (TPSA) is 111 Å². The second-order valence-electron chi connectivity index (χ2n) is 10.3. The number of aryl methyl sites for hydroxylation is 1. The smallest absolute Gasteiger partial charge is 0.355 e. The molecule has 6 rings (SSSR count). The van der Waals surface area contributed by atoms with E-state index in [9.17, 15) is 14.1 Å². The Morgan fingerprint density at radius 2 is 1.85 bits per heavy atom. The largest absolute Gasteiger partial charge is 0.476 e. The zero-order valence-electron chi connectivity index (χ0n) is 22.2. The minimum Gasteiger partial charge on any atom is -0.476 e. The summed E-state index contributed by atoms with van der Waals surface area (Å²) < 4.78 is 28.7. The summed E-state index contributed by atoms with van der Waals surface area (Å²) in [6.07, 6.45) is 3.14. The van der Waals surface area contributed by atoms with Crippen LogP contribution >= 0.6 is 11.3 Å². The van der Waals surface area contributed by atoms with E-state index in [0.717, 1.165) is 40.8 Å². The van der Waals surface area contributed by atoms with E-state index in [2.05, 4.69) is 35.3 Å². The van der Waals surface area contributed by atoms with Crippen LogP contribution in [0, 0.1) is 18.7 Å². The lowest BCUT2D eigenvalue weighted by Gasteiger charge is -2.11. The molecule has 2 heterocycles. The summed E-state index contributed by atoms with van der Waals surface area (Å²) in [6.45, 7) is 2.05. The number of carbonyl (C=O) groups is 1. The van der Waals surface area contributed by atoms with Crippen LogP contribution in [0.25, 0.3) is 27.5 Å². The van der Waals surface area contributed by atoms with Gasteiger partial charge in [-0.2, -0.15) is 5.10 Å². The molecule has 1 aliphatic rings. The Balaban J connectivity index is 1.52. The molecule has 5 aromatic rings. The van der Waals surface area contributed by atoms with Crippen molar-refractivity contribution in [3.05, 3.63) is 106 Å². The van der Waals surface area contributed by atoms with E-state index in [-0.39, 0.29) is 17.0 Å². The molecule has 1 saturated carbocycles. The molecule has 1 fully saturated rings. The maximum absolute atomic E-state index is 15.3. The van der Waals surface area contributed by atoms with Crippen molar-refractivity contribution in [1.82, 2.24) is 14.8 Å². The van der Waals surface area contributed by atoms with Crippen LogP contribution in [0.5, 0.6) is 0 Å². The first-order valence-electron chi connectivity index (χ1n) is 13.2. The average Bonchev–Trinajstić information content (AvgIpc) is 3.51. The summed E-state index contributed by atoms with van der Waals surface area (Å²) in [5.74, 6) is -1.12. The number of carboxylic acids is 1. The lowest BCUT2D eigenvalue weighted by molar-refractivity contribution is 0.0691. The predicted octanol–water partition coefficient (Wildman–Crippen LogP) is 6.33. The van der Waals surface area contributed by atoms with Crippen LogP contribution in [0.1, 0.15) is 45.7 Å². The molecule has 0 bridgehead atoms. The minimum absolute atomic E-state index is 0.0428. The highest BCUT2D eigenvalue weighted by Crippen LogP contribution is 2.39. The van der Waals surface area contributed by atoms with E-state index in [1.807, 2.05) is 25.1 Å². The molecule has 1 atom stereocenters. The number of halogens is 1. The summed E-state index contributed by atoms with van der Waals surface area (Å²) in [5.41, 5.74) is 6.94. The third kappa shape index (κ3) is 5.76. The fourth-order valence-corrected chi connectivity index (χ4v) is 6.10. The molecule has 1 unspecified atom stereocenters. The molecule has 1 aliphatic carbocycles. The molecule has 2 aromatic heterocycles. The second kappa shape index (κ2) is 11.1. The average molecular weight is 587 g/mol. The van der Waals surface area contributed by atoms with Gasteiger partial charge in [0, 0.05) is 22.9 Å². The fraction of sp³-hybridized carbons (Fsp3) is 0.194. The molecule has 7 nitrogen and oxygen atoms in total. The Morgan fingerprint density at radius 3 is 2.51 bits per heavy atom. The van der Waals surface area contributed by atoms with Gasteiger partial charge in [-0.15, -0.1) is 11.3 Å². The quantitative estimate of drug-likeness (QED) is 0.210. The van der Waals surface area contributed by atoms with Crippen molar-refractivity contribution in [2.45, 2.75) is 37.5 Å².